The minimum absolute atomic E-state index is 0.0173. The molecule has 9 rings (SSSR count). The van der Waals surface area contributed by atoms with Crippen molar-refractivity contribution in [3.05, 3.63) is 136 Å². The fourth-order valence-corrected chi connectivity index (χ4v) is 13.0. The SMILES string of the molecule is CCCCCCCCCOc1cc(C(=O)Nc2cccc(NC(=O)c3cccc(C(=O)Nc4cccc(NC(=O)c5cc(OCCCCCCCCC)c6cc7c(OCCCCCCCCC)cc(C(=O)OC)nc7c(C)c6n5)n4)n3)n2)nc2c(C)c3nc(C(=O)OC)cc(OCCCCCCCCC)c3cc12. The van der Waals surface area contributed by atoms with E-state index in [1.54, 1.807) is 48.5 Å². The second-order valence-electron chi connectivity index (χ2n) is 27.5. The number of methoxy groups -OCH3 is 2. The van der Waals surface area contributed by atoms with Gasteiger partial charge in [-0.25, -0.2) is 44.5 Å². The number of ether oxygens (including phenoxy) is 6. The van der Waals surface area contributed by atoms with E-state index in [-0.39, 0.29) is 57.4 Å². The van der Waals surface area contributed by atoms with Crippen molar-refractivity contribution in [3.63, 3.8) is 0 Å². The zero-order valence-electron chi connectivity index (χ0n) is 64.3. The number of pyridine rings is 7. The van der Waals surface area contributed by atoms with Gasteiger partial charge in [-0.2, -0.15) is 0 Å². The van der Waals surface area contributed by atoms with Gasteiger partial charge in [0.25, 0.3) is 23.6 Å². The van der Waals surface area contributed by atoms with E-state index in [9.17, 15) is 28.8 Å². The largest absolute Gasteiger partial charge is 0.493 e. The molecule has 0 saturated heterocycles. The maximum Gasteiger partial charge on any atom is 0.356 e. The Morgan fingerprint density at radius 1 is 0.287 bits per heavy atom. The van der Waals surface area contributed by atoms with Gasteiger partial charge in [-0.05, 0) is 88.1 Å². The van der Waals surface area contributed by atoms with Crippen LogP contribution in [0.2, 0.25) is 0 Å². The van der Waals surface area contributed by atoms with Gasteiger partial charge >= 0.3 is 11.9 Å². The number of aromatic nitrogens is 7. The molecule has 0 atom stereocenters. The Bertz CT molecular complexity index is 4270. The van der Waals surface area contributed by atoms with E-state index in [1.165, 1.54) is 134 Å². The molecule has 574 valence electrons. The van der Waals surface area contributed by atoms with Crippen LogP contribution in [0, 0.1) is 13.8 Å². The second kappa shape index (κ2) is 42.8. The van der Waals surface area contributed by atoms with E-state index >= 15 is 0 Å². The molecule has 7 aromatic heterocycles. The Morgan fingerprint density at radius 3 is 0.806 bits per heavy atom. The normalized spacial score (nSPS) is 11.3. The summed E-state index contributed by atoms with van der Waals surface area (Å²) in [5.74, 6) is -1.74. The van der Waals surface area contributed by atoms with E-state index in [2.05, 4.69) is 63.9 Å². The molecule has 0 saturated carbocycles. The highest BCUT2D eigenvalue weighted by Gasteiger charge is 2.25. The smallest absolute Gasteiger partial charge is 0.356 e. The summed E-state index contributed by atoms with van der Waals surface area (Å²) in [7, 11) is 2.60. The summed E-state index contributed by atoms with van der Waals surface area (Å²) in [6.45, 7) is 14.2. The van der Waals surface area contributed by atoms with Gasteiger partial charge in [0.05, 0.1) is 62.7 Å². The van der Waals surface area contributed by atoms with Crippen LogP contribution in [0.1, 0.15) is 282 Å². The molecule has 9 aromatic rings. The molecule has 23 nitrogen and oxygen atoms in total. The van der Waals surface area contributed by atoms with Gasteiger partial charge in [0.15, 0.2) is 11.4 Å². The summed E-state index contributed by atoms with van der Waals surface area (Å²) in [6, 6.07) is 24.0. The van der Waals surface area contributed by atoms with E-state index in [0.29, 0.717) is 104 Å². The molecule has 7 heterocycles. The summed E-state index contributed by atoms with van der Waals surface area (Å²) in [6.07, 6.45) is 30.7. The number of fused-ring (bicyclic) bond motifs is 4. The van der Waals surface area contributed by atoms with Crippen LogP contribution in [-0.2, 0) is 9.47 Å². The van der Waals surface area contributed by atoms with Crippen molar-refractivity contribution in [2.45, 2.75) is 221 Å². The Kier molecular flexibility index (Phi) is 32.3. The van der Waals surface area contributed by atoms with Crippen molar-refractivity contribution in [3.8, 4) is 23.0 Å². The molecule has 2 aromatic carbocycles. The number of unbranched alkanes of at least 4 members (excludes halogenated alkanes) is 24. The second-order valence-corrected chi connectivity index (χ2v) is 27.5. The van der Waals surface area contributed by atoms with Gasteiger partial charge in [-0.1, -0.05) is 200 Å². The van der Waals surface area contributed by atoms with Gasteiger partial charge < -0.3 is 49.7 Å². The fraction of sp³-hybridized carbons (Fsp3) is 0.471. The highest BCUT2D eigenvalue weighted by atomic mass is 16.5. The van der Waals surface area contributed by atoms with Crippen LogP contribution in [0.5, 0.6) is 23.0 Å². The molecule has 4 amide bonds. The fourth-order valence-electron chi connectivity index (χ4n) is 13.0. The number of hydrogen-bond donors (Lipinski definition) is 4. The van der Waals surface area contributed by atoms with Crippen molar-refractivity contribution in [1.29, 1.82) is 0 Å². The van der Waals surface area contributed by atoms with Crippen LogP contribution in [0.15, 0.2) is 91.0 Å². The minimum atomic E-state index is -0.701. The van der Waals surface area contributed by atoms with Crippen LogP contribution in [0.25, 0.3) is 43.6 Å². The topological polar surface area (TPSA) is 296 Å². The van der Waals surface area contributed by atoms with E-state index in [1.807, 2.05) is 26.0 Å². The highest BCUT2D eigenvalue weighted by Crippen LogP contribution is 2.40. The zero-order chi connectivity index (χ0) is 76.6. The van der Waals surface area contributed by atoms with Gasteiger partial charge in [-0.3, -0.25) is 19.2 Å². The molecule has 0 unspecified atom stereocenters. The first kappa shape index (κ1) is 81.6. The summed E-state index contributed by atoms with van der Waals surface area (Å²) in [4.78, 5) is 115. The van der Waals surface area contributed by atoms with Crippen LogP contribution < -0.4 is 40.2 Å². The Balaban J connectivity index is 0.890. The summed E-state index contributed by atoms with van der Waals surface area (Å²) >= 11 is 0. The first-order valence-electron chi connectivity index (χ1n) is 39.1. The lowest BCUT2D eigenvalue weighted by Crippen LogP contribution is -2.20. The standard InChI is InChI=1S/C85H107N11O12/c1-9-13-17-21-25-29-33-46-105-68-52-64(87-76-56(5)78-60(50-58(68)76)70(54-66(89-78)84(101)103-7)107-48-35-31-27-23-19-15-11-3)82(99)95-74-44-38-42-72(91-74)93-80(97)62-40-37-41-63(86-62)81(98)94-73-43-39-45-75(92-73)96-83(100)65-53-69(106-47-34-30-26-22-18-14-10-2)59-51-61-71(108-49-36-32-28-24-20-16-12-4)55-67(85(102)104-8)90-79(61)57(6)77(59)88-65/h37-45,50-55H,9-36,46-49H2,1-8H3,(H2,91,93,95,97,99)(H2,92,94,96,98,100). The lowest BCUT2D eigenvalue weighted by molar-refractivity contribution is 0.0585. The average molecular weight is 1470 g/mol. The lowest BCUT2D eigenvalue weighted by Gasteiger charge is -2.17. The maximum absolute atomic E-state index is 14.4. The first-order valence-corrected chi connectivity index (χ1v) is 39.1. The van der Waals surface area contributed by atoms with Gasteiger partial charge in [0, 0.05) is 56.9 Å². The number of nitrogens with one attached hydrogen (secondary N) is 4. The molecule has 23 heteroatoms. The number of esters is 2. The molecule has 0 aliphatic rings. The minimum Gasteiger partial charge on any atom is -0.493 e. The summed E-state index contributed by atoms with van der Waals surface area (Å²) in [5, 5.41) is 13.7. The number of rotatable bonds is 46. The molecule has 0 bridgehead atoms. The predicted molar refractivity (Wildman–Crippen MR) is 425 cm³/mol. The number of aryl methyl sites for hydroxylation is 2. The number of anilines is 4. The van der Waals surface area contributed by atoms with E-state index < -0.39 is 35.6 Å². The maximum atomic E-state index is 14.4. The molecule has 0 aliphatic carbocycles. The third kappa shape index (κ3) is 23.3. The van der Waals surface area contributed by atoms with E-state index in [0.717, 1.165) is 89.9 Å². The Hall–Kier alpha value is -10.5. The average Bonchev–Trinajstić information content (AvgIpc) is 0.752. The molecular formula is C85H107N11O12. The van der Waals surface area contributed by atoms with Crippen LogP contribution in [-0.4, -0.2) is 111 Å². The third-order valence-corrected chi connectivity index (χ3v) is 19.0. The van der Waals surface area contributed by atoms with Crippen molar-refractivity contribution in [1.82, 2.24) is 34.9 Å². The number of carbonyl (C=O) groups is 6. The number of amides is 4. The van der Waals surface area contributed by atoms with Crippen molar-refractivity contribution in [2.24, 2.45) is 0 Å². The highest BCUT2D eigenvalue weighted by molar-refractivity contribution is 6.11. The van der Waals surface area contributed by atoms with E-state index in [4.69, 9.17) is 48.4 Å². The Labute approximate surface area is 634 Å². The van der Waals surface area contributed by atoms with Gasteiger partial charge in [0.1, 0.15) is 69.0 Å². The number of carbonyl (C=O) groups excluding carboxylic acids is 6. The molecular weight excluding hydrogens is 1370 g/mol. The third-order valence-electron chi connectivity index (χ3n) is 19.0. The summed E-state index contributed by atoms with van der Waals surface area (Å²) in [5.41, 5.74) is 2.92. The number of nitrogens with zero attached hydrogens (tertiary/aromatic N) is 7. The monoisotopic (exact) mass is 1470 g/mol. The zero-order valence-corrected chi connectivity index (χ0v) is 64.3. The molecule has 0 spiro atoms. The molecule has 108 heavy (non-hydrogen) atoms. The van der Waals surface area contributed by atoms with Crippen LogP contribution in [0.3, 0.4) is 0 Å². The molecule has 0 fully saturated rings. The Morgan fingerprint density at radius 2 is 0.528 bits per heavy atom. The number of hydrogen-bond acceptors (Lipinski definition) is 19. The predicted octanol–water partition coefficient (Wildman–Crippen LogP) is 19.8. The number of benzene rings is 2. The van der Waals surface area contributed by atoms with Crippen LogP contribution >= 0.6 is 0 Å². The van der Waals surface area contributed by atoms with Crippen molar-refractivity contribution < 1.29 is 57.2 Å². The quantitative estimate of drug-likeness (QED) is 0.0157. The van der Waals surface area contributed by atoms with Gasteiger partial charge in [-0.15, -0.1) is 0 Å². The van der Waals surface area contributed by atoms with Gasteiger partial charge in [0.2, 0.25) is 0 Å². The molecule has 0 aliphatic heterocycles. The van der Waals surface area contributed by atoms with Crippen molar-refractivity contribution in [2.75, 3.05) is 61.9 Å². The lowest BCUT2D eigenvalue weighted by atomic mass is 10.0. The van der Waals surface area contributed by atoms with Crippen molar-refractivity contribution >= 4 is 102 Å². The summed E-state index contributed by atoms with van der Waals surface area (Å²) < 4.78 is 36.2. The first-order chi connectivity index (χ1) is 52.6. The molecule has 4 N–H and O–H groups in total. The molecule has 0 radical (unpaired) electrons. The van der Waals surface area contributed by atoms with Crippen LogP contribution in [0.4, 0.5) is 23.3 Å².